The van der Waals surface area contributed by atoms with E-state index < -0.39 is 18.0 Å². The maximum Gasteiger partial charge on any atom is 0.414 e. The van der Waals surface area contributed by atoms with Crippen molar-refractivity contribution in [2.45, 2.75) is 6.10 Å². The van der Waals surface area contributed by atoms with Crippen molar-refractivity contribution in [3.63, 3.8) is 0 Å². The fourth-order valence-electron chi connectivity index (χ4n) is 3.44. The molecule has 1 atom stereocenters. The molecule has 2 heterocycles. The van der Waals surface area contributed by atoms with Gasteiger partial charge in [-0.1, -0.05) is 5.16 Å². The van der Waals surface area contributed by atoms with Gasteiger partial charge in [0.05, 0.1) is 38.1 Å². The highest BCUT2D eigenvalue weighted by molar-refractivity contribution is 7.80. The van der Waals surface area contributed by atoms with Gasteiger partial charge < -0.3 is 30.6 Å². The quantitative estimate of drug-likeness (QED) is 0.192. The number of amidine groups is 1. The number of carbonyl (C=O) groups is 1. The number of halogens is 1. The highest BCUT2D eigenvalue weighted by Crippen LogP contribution is 2.28. The molecule has 0 bridgehead atoms. The Bertz CT molecular complexity index is 818. The largest absolute Gasteiger partial charge is 0.474 e. The zero-order valence-electron chi connectivity index (χ0n) is 16.6. The van der Waals surface area contributed by atoms with Gasteiger partial charge in [-0.05, 0) is 30.4 Å². The predicted molar refractivity (Wildman–Crippen MR) is 114 cm³/mol. The molecule has 0 aromatic heterocycles. The number of benzene rings is 1. The third-order valence-electron chi connectivity index (χ3n) is 5.00. The summed E-state index contributed by atoms with van der Waals surface area (Å²) in [5.41, 5.74) is 6.44. The molecule has 4 N–H and O–H groups in total. The second-order valence-corrected chi connectivity index (χ2v) is 7.35. The van der Waals surface area contributed by atoms with E-state index in [9.17, 15) is 9.18 Å². The minimum absolute atomic E-state index is 0.147. The SMILES string of the molecule is COC(=S)NC[C@H]1CN(c2ccc(N3CCN(CC(N)=NO)CC3)c(F)c2)C(=O)O1. The highest BCUT2D eigenvalue weighted by atomic mass is 32.1. The van der Waals surface area contributed by atoms with E-state index in [1.807, 2.05) is 9.80 Å². The molecule has 1 aromatic rings. The van der Waals surface area contributed by atoms with Crippen LogP contribution in [-0.4, -0.2) is 86.2 Å². The number of oxime groups is 1. The number of piperazine rings is 1. The Hall–Kier alpha value is -2.86. The smallest absolute Gasteiger partial charge is 0.414 e. The highest BCUT2D eigenvalue weighted by Gasteiger charge is 2.33. The summed E-state index contributed by atoms with van der Waals surface area (Å²) in [5, 5.41) is 14.7. The molecule has 10 nitrogen and oxygen atoms in total. The minimum atomic E-state index is -0.533. The number of ether oxygens (including phenoxy) is 2. The summed E-state index contributed by atoms with van der Waals surface area (Å²) in [7, 11) is 1.45. The van der Waals surface area contributed by atoms with Crippen LogP contribution in [0.2, 0.25) is 0 Å². The molecule has 164 valence electrons. The lowest BCUT2D eigenvalue weighted by Crippen LogP contribution is -2.49. The Labute approximate surface area is 179 Å². The van der Waals surface area contributed by atoms with Crippen molar-refractivity contribution in [1.29, 1.82) is 0 Å². The van der Waals surface area contributed by atoms with Crippen LogP contribution in [0.4, 0.5) is 20.6 Å². The number of amides is 1. The van der Waals surface area contributed by atoms with Crippen molar-refractivity contribution in [3.05, 3.63) is 24.0 Å². The van der Waals surface area contributed by atoms with E-state index in [0.717, 1.165) is 0 Å². The topological polar surface area (TPSA) is 116 Å². The van der Waals surface area contributed by atoms with Crippen molar-refractivity contribution in [2.75, 3.05) is 62.7 Å². The Balaban J connectivity index is 1.59. The standard InChI is InChI=1S/C18H25FN6O4S/c1-28-17(30)21-9-13-10-25(18(26)29-13)12-2-3-15(14(19)8-12)24-6-4-23(5-7-24)11-16(20)22-27/h2-3,8,13,27H,4-7,9-11H2,1H3,(H2,20,22)(H,21,30)/t13-/m0/s1. The van der Waals surface area contributed by atoms with Crippen molar-refractivity contribution in [2.24, 2.45) is 10.9 Å². The fraction of sp³-hybridized carbons (Fsp3) is 0.500. The van der Waals surface area contributed by atoms with Crippen LogP contribution >= 0.6 is 12.2 Å². The van der Waals surface area contributed by atoms with E-state index in [0.29, 0.717) is 50.6 Å². The third-order valence-corrected chi connectivity index (χ3v) is 5.31. The summed E-state index contributed by atoms with van der Waals surface area (Å²) >= 11 is 4.90. The van der Waals surface area contributed by atoms with E-state index in [4.69, 9.17) is 32.6 Å². The average Bonchev–Trinajstić information content (AvgIpc) is 3.13. The molecule has 3 rings (SSSR count). The molecule has 1 amide bonds. The molecule has 2 saturated heterocycles. The summed E-state index contributed by atoms with van der Waals surface area (Å²) in [5.74, 6) is -0.263. The van der Waals surface area contributed by atoms with Gasteiger partial charge in [-0.2, -0.15) is 0 Å². The molecule has 0 saturated carbocycles. The van der Waals surface area contributed by atoms with Gasteiger partial charge in [0.1, 0.15) is 11.9 Å². The van der Waals surface area contributed by atoms with E-state index in [-0.39, 0.29) is 17.6 Å². The second kappa shape index (κ2) is 9.76. The summed E-state index contributed by atoms with van der Waals surface area (Å²) in [6.45, 7) is 3.49. The van der Waals surface area contributed by atoms with Gasteiger partial charge in [-0.15, -0.1) is 0 Å². The number of carbonyl (C=O) groups excluding carboxylic acids is 1. The van der Waals surface area contributed by atoms with Gasteiger partial charge >= 0.3 is 6.09 Å². The summed E-state index contributed by atoms with van der Waals surface area (Å²) in [4.78, 5) is 17.5. The Morgan fingerprint density at radius 2 is 2.17 bits per heavy atom. The first kappa shape index (κ1) is 21.8. The number of anilines is 2. The maximum atomic E-state index is 14.8. The van der Waals surface area contributed by atoms with Crippen molar-refractivity contribution in [1.82, 2.24) is 10.2 Å². The second-order valence-electron chi connectivity index (χ2n) is 6.98. The van der Waals surface area contributed by atoms with Gasteiger partial charge in [-0.3, -0.25) is 9.80 Å². The zero-order chi connectivity index (χ0) is 21.7. The summed E-state index contributed by atoms with van der Waals surface area (Å²) < 4.78 is 25.0. The lowest BCUT2D eigenvalue weighted by Gasteiger charge is -2.36. The first-order valence-corrected chi connectivity index (χ1v) is 9.85. The third kappa shape index (κ3) is 5.19. The predicted octanol–water partition coefficient (Wildman–Crippen LogP) is 0.540. The Kier molecular flexibility index (Phi) is 7.11. The number of thiocarbonyl (C=S) groups is 1. The van der Waals surface area contributed by atoms with Gasteiger partial charge in [0, 0.05) is 26.2 Å². The molecule has 0 radical (unpaired) electrons. The van der Waals surface area contributed by atoms with Gasteiger partial charge in [0.25, 0.3) is 5.17 Å². The molecule has 12 heteroatoms. The van der Waals surface area contributed by atoms with Crippen LogP contribution in [0, 0.1) is 5.82 Å². The minimum Gasteiger partial charge on any atom is -0.474 e. The van der Waals surface area contributed by atoms with Crippen LogP contribution in [0.15, 0.2) is 23.4 Å². The average molecular weight is 441 g/mol. The van der Waals surface area contributed by atoms with Crippen LogP contribution in [0.5, 0.6) is 0 Å². The lowest BCUT2D eigenvalue weighted by atomic mass is 10.2. The van der Waals surface area contributed by atoms with Crippen molar-refractivity contribution < 1.29 is 23.9 Å². The lowest BCUT2D eigenvalue weighted by molar-refractivity contribution is 0.142. The van der Waals surface area contributed by atoms with Crippen LogP contribution in [0.25, 0.3) is 0 Å². The number of nitrogens with zero attached hydrogens (tertiary/aromatic N) is 4. The van der Waals surface area contributed by atoms with E-state index in [1.54, 1.807) is 12.1 Å². The first-order valence-electron chi connectivity index (χ1n) is 9.44. The Morgan fingerprint density at radius 1 is 1.43 bits per heavy atom. The molecular weight excluding hydrogens is 415 g/mol. The number of hydrogen-bond acceptors (Lipinski definition) is 8. The van der Waals surface area contributed by atoms with Crippen molar-refractivity contribution >= 4 is 40.7 Å². The summed E-state index contributed by atoms with van der Waals surface area (Å²) in [6, 6.07) is 4.72. The van der Waals surface area contributed by atoms with Crippen LogP contribution in [0.3, 0.4) is 0 Å². The maximum absolute atomic E-state index is 14.8. The van der Waals surface area contributed by atoms with Crippen molar-refractivity contribution in [3.8, 4) is 0 Å². The van der Waals surface area contributed by atoms with Crippen LogP contribution in [0.1, 0.15) is 0 Å². The molecule has 0 spiro atoms. The molecule has 0 unspecified atom stereocenters. The number of nitrogens with two attached hydrogens (primary N) is 1. The van der Waals surface area contributed by atoms with Gasteiger partial charge in [-0.25, -0.2) is 9.18 Å². The van der Waals surface area contributed by atoms with Crippen LogP contribution in [-0.2, 0) is 9.47 Å². The first-order chi connectivity index (χ1) is 14.4. The number of methoxy groups -OCH3 is 1. The molecule has 1 aromatic carbocycles. The number of rotatable bonds is 6. The molecule has 0 aliphatic carbocycles. The van der Waals surface area contributed by atoms with E-state index in [1.165, 1.54) is 18.1 Å². The van der Waals surface area contributed by atoms with Gasteiger partial charge in [0.2, 0.25) is 0 Å². The normalized spacial score (nSPS) is 20.3. The molecular formula is C18H25FN6O4S. The zero-order valence-corrected chi connectivity index (χ0v) is 17.4. The molecule has 30 heavy (non-hydrogen) atoms. The molecule has 2 fully saturated rings. The molecule has 2 aliphatic heterocycles. The van der Waals surface area contributed by atoms with Crippen LogP contribution < -0.4 is 20.9 Å². The number of nitrogens with one attached hydrogen (secondary N) is 1. The monoisotopic (exact) mass is 440 g/mol. The van der Waals surface area contributed by atoms with Gasteiger partial charge in [0.15, 0.2) is 5.84 Å². The molecule has 2 aliphatic rings. The van der Waals surface area contributed by atoms with E-state index in [2.05, 4.69) is 10.5 Å². The fourth-order valence-corrected chi connectivity index (χ4v) is 3.52. The Morgan fingerprint density at radius 3 is 2.80 bits per heavy atom. The number of cyclic esters (lactones) is 1. The summed E-state index contributed by atoms with van der Waals surface area (Å²) in [6.07, 6.45) is -0.953. The van der Waals surface area contributed by atoms with E-state index >= 15 is 0 Å². The number of hydrogen-bond donors (Lipinski definition) is 3.